The number of alkyl halides is 3. The molecule has 0 aliphatic heterocycles. The van der Waals surface area contributed by atoms with Crippen LogP contribution in [0.5, 0.6) is 0 Å². The highest BCUT2D eigenvalue weighted by atomic mass is 19.4. The molecule has 29 heavy (non-hydrogen) atoms. The van der Waals surface area contributed by atoms with Crippen LogP contribution >= 0.6 is 0 Å². The van der Waals surface area contributed by atoms with Gasteiger partial charge in [-0.15, -0.1) is 0 Å². The smallest absolute Gasteiger partial charge is 0.348 e. The number of nitrogens with one attached hydrogen (secondary N) is 1. The fraction of sp³-hybridized carbons (Fsp3) is 0.500. The van der Waals surface area contributed by atoms with E-state index in [1.54, 1.807) is 0 Å². The van der Waals surface area contributed by atoms with Gasteiger partial charge in [-0.1, -0.05) is 6.42 Å². The van der Waals surface area contributed by atoms with E-state index in [4.69, 9.17) is 0 Å². The topological polar surface area (TPSA) is 46.9 Å². The summed E-state index contributed by atoms with van der Waals surface area (Å²) in [7, 11) is 0. The van der Waals surface area contributed by atoms with Crippen molar-refractivity contribution in [3.63, 3.8) is 0 Å². The molecule has 2 aliphatic rings. The summed E-state index contributed by atoms with van der Waals surface area (Å²) >= 11 is 0. The van der Waals surface area contributed by atoms with E-state index in [1.165, 1.54) is 10.7 Å². The summed E-state index contributed by atoms with van der Waals surface area (Å²) in [5, 5.41) is 7.00. The Hall–Kier alpha value is -2.45. The zero-order valence-corrected chi connectivity index (χ0v) is 15.5. The molecule has 4 rings (SSSR count). The van der Waals surface area contributed by atoms with E-state index >= 15 is 0 Å². The maximum absolute atomic E-state index is 13.6. The highest BCUT2D eigenvalue weighted by molar-refractivity contribution is 5.94. The van der Waals surface area contributed by atoms with Crippen molar-refractivity contribution in [1.29, 1.82) is 0 Å². The van der Waals surface area contributed by atoms with Gasteiger partial charge in [0.05, 0.1) is 11.6 Å². The Bertz CT molecular complexity index is 937. The van der Waals surface area contributed by atoms with E-state index in [1.807, 2.05) is 0 Å². The molecule has 1 N–H and O–H groups in total. The van der Waals surface area contributed by atoms with Crippen LogP contribution in [0.2, 0.25) is 0 Å². The minimum absolute atomic E-state index is 0.0794. The number of benzene rings is 1. The van der Waals surface area contributed by atoms with Crippen molar-refractivity contribution in [3.8, 4) is 5.69 Å². The Labute approximate surface area is 164 Å². The van der Waals surface area contributed by atoms with Gasteiger partial charge in [0.1, 0.15) is 0 Å². The van der Waals surface area contributed by atoms with Crippen LogP contribution in [0, 0.1) is 17.6 Å². The second-order valence-corrected chi connectivity index (χ2v) is 7.71. The quantitative estimate of drug-likeness (QED) is 0.754. The molecule has 0 bridgehead atoms. The Balaban J connectivity index is 1.57. The first-order valence-corrected chi connectivity index (χ1v) is 9.68. The van der Waals surface area contributed by atoms with Crippen LogP contribution in [-0.4, -0.2) is 27.9 Å². The molecule has 156 valence electrons. The number of rotatable bonds is 3. The summed E-state index contributed by atoms with van der Waals surface area (Å²) in [6.07, 6.45) is -1.40. The maximum Gasteiger partial charge on any atom is 0.391 e. The molecule has 1 fully saturated rings. The first kappa shape index (κ1) is 19.8. The Kier molecular flexibility index (Phi) is 5.08. The third kappa shape index (κ3) is 3.86. The third-order valence-electron chi connectivity index (χ3n) is 5.77. The van der Waals surface area contributed by atoms with E-state index in [0.29, 0.717) is 31.4 Å². The molecule has 1 aromatic heterocycles. The minimum atomic E-state index is -4.27. The average molecular weight is 413 g/mol. The van der Waals surface area contributed by atoms with Gasteiger partial charge in [-0.3, -0.25) is 4.79 Å². The number of carbonyl (C=O) groups excluding carboxylic acids is 1. The lowest BCUT2D eigenvalue weighted by Gasteiger charge is -2.30. The fourth-order valence-electron chi connectivity index (χ4n) is 4.32. The monoisotopic (exact) mass is 413 g/mol. The number of hydrogen-bond acceptors (Lipinski definition) is 2. The zero-order valence-electron chi connectivity index (χ0n) is 15.5. The molecule has 0 radical (unpaired) electrons. The van der Waals surface area contributed by atoms with Gasteiger partial charge in [0.2, 0.25) is 0 Å². The summed E-state index contributed by atoms with van der Waals surface area (Å²) in [6, 6.07) is 2.82. The predicted molar refractivity (Wildman–Crippen MR) is 94.8 cm³/mol. The molecule has 0 spiro atoms. The van der Waals surface area contributed by atoms with Crippen molar-refractivity contribution in [2.75, 3.05) is 0 Å². The molecule has 4 nitrogen and oxygen atoms in total. The number of fused-ring (bicyclic) bond motifs is 1. The van der Waals surface area contributed by atoms with Crippen molar-refractivity contribution in [2.45, 2.75) is 57.2 Å². The maximum atomic E-state index is 13.6. The SMILES string of the molecule is O=C(NC1CCCC(C(F)(F)F)C1)c1nn(-c2ccc(F)c(F)c2)c2c1CCC2. The van der Waals surface area contributed by atoms with Gasteiger partial charge < -0.3 is 5.32 Å². The number of hydrogen-bond donors (Lipinski definition) is 1. The molecule has 1 amide bonds. The molecule has 0 saturated heterocycles. The van der Waals surface area contributed by atoms with Crippen LogP contribution in [0.25, 0.3) is 5.69 Å². The summed E-state index contributed by atoms with van der Waals surface area (Å²) in [5.41, 5.74) is 1.92. The van der Waals surface area contributed by atoms with Crippen LogP contribution < -0.4 is 5.32 Å². The first-order chi connectivity index (χ1) is 13.7. The highest BCUT2D eigenvalue weighted by Gasteiger charge is 2.42. The van der Waals surface area contributed by atoms with Gasteiger partial charge >= 0.3 is 6.18 Å². The van der Waals surface area contributed by atoms with E-state index in [-0.39, 0.29) is 18.5 Å². The van der Waals surface area contributed by atoms with Crippen molar-refractivity contribution in [3.05, 3.63) is 46.8 Å². The number of carbonyl (C=O) groups is 1. The number of nitrogens with zero attached hydrogens (tertiary/aromatic N) is 2. The Morgan fingerprint density at radius 1 is 1.10 bits per heavy atom. The Morgan fingerprint density at radius 2 is 1.90 bits per heavy atom. The van der Waals surface area contributed by atoms with Crippen LogP contribution in [-0.2, 0) is 12.8 Å². The summed E-state index contributed by atoms with van der Waals surface area (Å²) < 4.78 is 67.4. The van der Waals surface area contributed by atoms with Gasteiger partial charge in [-0.2, -0.15) is 18.3 Å². The summed E-state index contributed by atoms with van der Waals surface area (Å²) in [4.78, 5) is 12.8. The van der Waals surface area contributed by atoms with Crippen molar-refractivity contribution in [2.24, 2.45) is 5.92 Å². The number of halogens is 5. The molecule has 2 aromatic rings. The second-order valence-electron chi connectivity index (χ2n) is 7.71. The second kappa shape index (κ2) is 7.42. The van der Waals surface area contributed by atoms with Gasteiger partial charge in [0, 0.05) is 23.4 Å². The molecule has 2 unspecified atom stereocenters. The van der Waals surface area contributed by atoms with Gasteiger partial charge in [0.15, 0.2) is 17.3 Å². The predicted octanol–water partition coefficient (Wildman–Crippen LogP) is 4.49. The van der Waals surface area contributed by atoms with Crippen LogP contribution in [0.15, 0.2) is 18.2 Å². The van der Waals surface area contributed by atoms with Gasteiger partial charge in [-0.05, 0) is 50.7 Å². The zero-order chi connectivity index (χ0) is 20.8. The van der Waals surface area contributed by atoms with Gasteiger partial charge in [-0.25, -0.2) is 13.5 Å². The summed E-state index contributed by atoms with van der Waals surface area (Å²) in [5.74, 6) is -3.92. The largest absolute Gasteiger partial charge is 0.391 e. The lowest BCUT2D eigenvalue weighted by Crippen LogP contribution is -2.42. The van der Waals surface area contributed by atoms with Crippen LogP contribution in [0.3, 0.4) is 0 Å². The van der Waals surface area contributed by atoms with Crippen LogP contribution in [0.4, 0.5) is 22.0 Å². The molecule has 1 heterocycles. The summed E-state index contributed by atoms with van der Waals surface area (Å²) in [6.45, 7) is 0. The molecular weight excluding hydrogens is 393 g/mol. The average Bonchev–Trinajstić information content (AvgIpc) is 3.26. The van der Waals surface area contributed by atoms with Crippen LogP contribution in [0.1, 0.15) is 53.8 Å². The first-order valence-electron chi connectivity index (χ1n) is 9.68. The Morgan fingerprint density at radius 3 is 2.62 bits per heavy atom. The van der Waals surface area contributed by atoms with E-state index in [0.717, 1.165) is 29.8 Å². The van der Waals surface area contributed by atoms with E-state index in [2.05, 4.69) is 10.4 Å². The molecule has 1 aromatic carbocycles. The highest BCUT2D eigenvalue weighted by Crippen LogP contribution is 2.37. The lowest BCUT2D eigenvalue weighted by atomic mass is 9.85. The van der Waals surface area contributed by atoms with Crippen molar-refractivity contribution < 1.29 is 26.7 Å². The standard InChI is InChI=1S/C20H20F5N3O/c21-15-8-7-13(10-16(15)22)28-17-6-2-5-14(17)18(27-28)19(29)26-12-4-1-3-11(9-12)20(23,24)25/h7-8,10-12H,1-6,9H2,(H,26,29). The minimum Gasteiger partial charge on any atom is -0.348 e. The molecule has 2 aliphatic carbocycles. The lowest BCUT2D eigenvalue weighted by molar-refractivity contribution is -0.183. The third-order valence-corrected chi connectivity index (χ3v) is 5.77. The fourth-order valence-corrected chi connectivity index (χ4v) is 4.32. The molecular formula is C20H20F5N3O. The van der Waals surface area contributed by atoms with Gasteiger partial charge in [0.25, 0.3) is 5.91 Å². The number of aromatic nitrogens is 2. The number of amides is 1. The molecule has 9 heteroatoms. The van der Waals surface area contributed by atoms with E-state index < -0.39 is 35.7 Å². The van der Waals surface area contributed by atoms with Crippen molar-refractivity contribution >= 4 is 5.91 Å². The normalized spacial score (nSPS) is 21.8. The van der Waals surface area contributed by atoms with Crippen molar-refractivity contribution in [1.82, 2.24) is 15.1 Å². The van der Waals surface area contributed by atoms with E-state index in [9.17, 15) is 26.7 Å². The molecule has 1 saturated carbocycles. The molecule has 2 atom stereocenters.